The Hall–Kier alpha value is -1.79. The largest absolute Gasteiger partial charge is 0.396 e. The van der Waals surface area contributed by atoms with Crippen LogP contribution in [0.4, 0.5) is 19.2 Å². The zero-order valence-electron chi connectivity index (χ0n) is 15.2. The van der Waals surface area contributed by atoms with Gasteiger partial charge >= 0.3 is 12.2 Å². The van der Waals surface area contributed by atoms with Crippen molar-refractivity contribution in [2.75, 3.05) is 38.3 Å². The normalized spacial score (nSPS) is 12.7. The van der Waals surface area contributed by atoms with Gasteiger partial charge in [0.15, 0.2) is 5.82 Å². The highest BCUT2D eigenvalue weighted by atomic mass is 32.2. The van der Waals surface area contributed by atoms with E-state index in [1.165, 1.54) is 36.8 Å². The summed E-state index contributed by atoms with van der Waals surface area (Å²) in [6, 6.07) is -0.130. The second-order valence-electron chi connectivity index (χ2n) is 5.50. The van der Waals surface area contributed by atoms with Crippen molar-refractivity contribution in [1.82, 2.24) is 14.4 Å². The number of hydrogen-bond donors (Lipinski definition) is 0. The van der Waals surface area contributed by atoms with Crippen LogP contribution < -0.4 is 4.90 Å². The zero-order chi connectivity index (χ0) is 20.8. The third kappa shape index (κ3) is 7.39. The van der Waals surface area contributed by atoms with Crippen LogP contribution in [0.3, 0.4) is 0 Å². The van der Waals surface area contributed by atoms with Gasteiger partial charge in [0.05, 0.1) is 4.91 Å². The van der Waals surface area contributed by atoms with Crippen molar-refractivity contribution in [2.24, 2.45) is 0 Å². The van der Waals surface area contributed by atoms with E-state index >= 15 is 0 Å². The maximum absolute atomic E-state index is 12.4. The molecule has 0 aliphatic carbocycles. The van der Waals surface area contributed by atoms with E-state index < -0.39 is 28.4 Å². The highest BCUT2D eigenvalue weighted by molar-refractivity contribution is 8.02. The Labute approximate surface area is 160 Å². The molecule has 27 heavy (non-hydrogen) atoms. The molecule has 0 bridgehead atoms. The molecule has 1 heterocycles. The number of nitrogens with zero attached hydrogens (tertiary/aromatic N) is 4. The second kappa shape index (κ2) is 9.42. The van der Waals surface area contributed by atoms with Crippen LogP contribution in [0.1, 0.15) is 5.82 Å². The Kier molecular flexibility index (Phi) is 8.11. The molecular formula is C15H21F3N4O3S2. The number of rotatable bonds is 10. The van der Waals surface area contributed by atoms with Gasteiger partial charge in [-0.3, -0.25) is 0 Å². The summed E-state index contributed by atoms with van der Waals surface area (Å²) in [6.45, 7) is 7.42. The Bertz CT molecular complexity index is 803. The smallest absolute Gasteiger partial charge is 0.326 e. The minimum Gasteiger partial charge on any atom is -0.326 e. The Morgan fingerprint density at radius 1 is 1.26 bits per heavy atom. The summed E-state index contributed by atoms with van der Waals surface area (Å²) in [7, 11) is -0.908. The van der Waals surface area contributed by atoms with Crippen molar-refractivity contribution in [3.05, 3.63) is 40.9 Å². The lowest BCUT2D eigenvalue weighted by molar-refractivity contribution is -0.128. The number of hydrogen-bond acceptors (Lipinski definition) is 7. The van der Waals surface area contributed by atoms with E-state index in [4.69, 9.17) is 4.52 Å². The van der Waals surface area contributed by atoms with Gasteiger partial charge in [0.25, 0.3) is 0 Å². The maximum atomic E-state index is 12.4. The minimum absolute atomic E-state index is 0.0339. The molecule has 1 aromatic heterocycles. The van der Waals surface area contributed by atoms with Crippen molar-refractivity contribution < 1.29 is 26.1 Å². The van der Waals surface area contributed by atoms with Gasteiger partial charge in [-0.15, -0.1) is 11.8 Å². The molecule has 1 aromatic rings. The molecule has 0 fully saturated rings. The van der Waals surface area contributed by atoms with E-state index in [0.29, 0.717) is 4.91 Å². The second-order valence-corrected chi connectivity index (χ2v) is 8.53. The summed E-state index contributed by atoms with van der Waals surface area (Å²) >= 11 is 1.37. The molecule has 0 amide bonds. The number of sulfonamides is 1. The van der Waals surface area contributed by atoms with Crippen LogP contribution in [0.2, 0.25) is 0 Å². The van der Waals surface area contributed by atoms with Crippen LogP contribution in [0.5, 0.6) is 0 Å². The molecule has 152 valence electrons. The molecule has 0 unspecified atom stereocenters. The van der Waals surface area contributed by atoms with Crippen LogP contribution in [0.25, 0.3) is 0 Å². The van der Waals surface area contributed by atoms with Gasteiger partial charge in [-0.05, 0) is 23.3 Å². The molecule has 0 spiro atoms. The molecule has 0 aliphatic heterocycles. The summed E-state index contributed by atoms with van der Waals surface area (Å²) in [5.74, 6) is -0.488. The molecule has 0 aromatic carbocycles. The monoisotopic (exact) mass is 426 g/mol. The lowest BCUT2D eigenvalue weighted by atomic mass is 10.4. The summed E-state index contributed by atoms with van der Waals surface area (Å²) in [5, 5.41) is 3.26. The van der Waals surface area contributed by atoms with Crippen molar-refractivity contribution >= 4 is 27.8 Å². The molecular weight excluding hydrogens is 405 g/mol. The molecule has 12 heteroatoms. The Morgan fingerprint density at radius 3 is 2.44 bits per heavy atom. The standard InChI is InChI=1S/C15H21F3N4O3S2/c1-11(26-5)6-7-12(2)27(23,24)22(4)9-8-21(3)14-19-13(20-25-14)10-15(16,17)18/h6-7H,1-2,8-10H2,3-5H3/b7-6-. The summed E-state index contributed by atoms with van der Waals surface area (Å²) in [5.41, 5.74) is 0. The number of allylic oxidation sites excluding steroid dienone is 2. The average Bonchev–Trinajstić information content (AvgIpc) is 3.02. The van der Waals surface area contributed by atoms with E-state index in [1.807, 2.05) is 6.26 Å². The number of thioether (sulfide) groups is 1. The molecule has 7 nitrogen and oxygen atoms in total. The predicted octanol–water partition coefficient (Wildman–Crippen LogP) is 2.82. The van der Waals surface area contributed by atoms with Gasteiger partial charge in [0.1, 0.15) is 6.42 Å². The molecule has 0 N–H and O–H groups in total. The van der Waals surface area contributed by atoms with Crippen molar-refractivity contribution in [2.45, 2.75) is 12.6 Å². The van der Waals surface area contributed by atoms with Gasteiger partial charge in [0, 0.05) is 27.2 Å². The van der Waals surface area contributed by atoms with Crippen LogP contribution in [-0.4, -0.2) is 62.5 Å². The van der Waals surface area contributed by atoms with Crippen molar-refractivity contribution in [3.63, 3.8) is 0 Å². The van der Waals surface area contributed by atoms with Gasteiger partial charge in [-0.2, -0.15) is 22.5 Å². The third-order valence-corrected chi connectivity index (χ3v) is 5.81. The van der Waals surface area contributed by atoms with Crippen LogP contribution >= 0.6 is 11.8 Å². The first-order valence-electron chi connectivity index (χ1n) is 7.53. The lowest BCUT2D eigenvalue weighted by Crippen LogP contribution is -2.35. The molecule has 1 rings (SSSR count). The van der Waals surface area contributed by atoms with Gasteiger partial charge in [-0.25, -0.2) is 8.42 Å². The lowest BCUT2D eigenvalue weighted by Gasteiger charge is -2.20. The van der Waals surface area contributed by atoms with Crippen molar-refractivity contribution in [3.8, 4) is 0 Å². The predicted molar refractivity (Wildman–Crippen MR) is 99.8 cm³/mol. The SMILES string of the molecule is C=C(/C=C\C(=C)S(=O)(=O)N(C)CCN(C)c1nc(CC(F)(F)F)no1)SC. The zero-order valence-corrected chi connectivity index (χ0v) is 16.8. The summed E-state index contributed by atoms with van der Waals surface area (Å²) in [6.07, 6.45) is -1.03. The van der Waals surface area contributed by atoms with Crippen molar-refractivity contribution in [1.29, 1.82) is 0 Å². The quantitative estimate of drug-likeness (QED) is 0.532. The first kappa shape index (κ1) is 23.2. The van der Waals surface area contributed by atoms with Gasteiger partial charge in [-0.1, -0.05) is 18.3 Å². The van der Waals surface area contributed by atoms with E-state index in [9.17, 15) is 21.6 Å². The third-order valence-electron chi connectivity index (χ3n) is 3.35. The molecule has 0 saturated carbocycles. The Balaban J connectivity index is 2.67. The number of alkyl halides is 3. The highest BCUT2D eigenvalue weighted by Gasteiger charge is 2.31. The van der Waals surface area contributed by atoms with Crippen LogP contribution in [0.15, 0.2) is 39.6 Å². The fourth-order valence-corrected chi connectivity index (χ4v) is 2.86. The number of halogens is 3. The van der Waals surface area contributed by atoms with E-state index in [1.54, 1.807) is 6.08 Å². The van der Waals surface area contributed by atoms with Crippen LogP contribution in [0, 0.1) is 0 Å². The molecule has 0 radical (unpaired) electrons. The highest BCUT2D eigenvalue weighted by Crippen LogP contribution is 2.21. The van der Waals surface area contributed by atoms with E-state index in [-0.39, 0.29) is 24.0 Å². The Morgan fingerprint density at radius 2 is 1.89 bits per heavy atom. The maximum Gasteiger partial charge on any atom is 0.396 e. The van der Waals surface area contributed by atoms with E-state index in [2.05, 4.69) is 23.3 Å². The first-order valence-corrected chi connectivity index (χ1v) is 10.2. The number of aromatic nitrogens is 2. The fourth-order valence-electron chi connectivity index (χ4n) is 1.70. The molecule has 0 saturated heterocycles. The number of likely N-dealkylation sites (N-methyl/N-ethyl adjacent to an activating group) is 2. The topological polar surface area (TPSA) is 79.5 Å². The van der Waals surface area contributed by atoms with E-state index in [0.717, 1.165) is 4.31 Å². The first-order chi connectivity index (χ1) is 12.4. The fraction of sp³-hybridized carbons (Fsp3) is 0.467. The van der Waals surface area contributed by atoms with Gasteiger partial charge < -0.3 is 9.42 Å². The average molecular weight is 426 g/mol. The molecule has 0 aliphatic rings. The van der Waals surface area contributed by atoms with Gasteiger partial charge in [0.2, 0.25) is 10.0 Å². The summed E-state index contributed by atoms with van der Waals surface area (Å²) < 4.78 is 67.6. The summed E-state index contributed by atoms with van der Waals surface area (Å²) in [4.78, 5) is 5.59. The van der Waals surface area contributed by atoms with Crippen LogP contribution in [-0.2, 0) is 16.4 Å². The molecule has 0 atom stereocenters. The minimum atomic E-state index is -4.44. The number of anilines is 1.